The number of nitrogens with one attached hydrogen (secondary N) is 1. The molecule has 34 heavy (non-hydrogen) atoms. The number of fused-ring (bicyclic) bond motifs is 1. The molecule has 0 fully saturated rings. The highest BCUT2D eigenvalue weighted by atomic mass is 32.1. The van der Waals surface area contributed by atoms with E-state index in [1.165, 1.54) is 28.7 Å². The van der Waals surface area contributed by atoms with Crippen molar-refractivity contribution < 1.29 is 13.2 Å². The summed E-state index contributed by atoms with van der Waals surface area (Å²) in [6.45, 7) is 9.58. The molecular weight excluding hydrogens is 455 g/mol. The van der Waals surface area contributed by atoms with Crippen LogP contribution in [0.2, 0.25) is 0 Å². The van der Waals surface area contributed by atoms with Crippen LogP contribution in [0.15, 0.2) is 65.9 Å². The summed E-state index contributed by atoms with van der Waals surface area (Å²) < 4.78 is 39.9. The van der Waals surface area contributed by atoms with Crippen molar-refractivity contribution in [2.45, 2.75) is 40.3 Å². The van der Waals surface area contributed by atoms with Crippen molar-refractivity contribution in [3.8, 4) is 12.8 Å². The Morgan fingerprint density at radius 3 is 2.56 bits per heavy atom. The van der Waals surface area contributed by atoms with Crippen LogP contribution in [-0.4, -0.2) is 11.5 Å². The van der Waals surface area contributed by atoms with E-state index < -0.39 is 11.7 Å². The number of terminal acetylenes is 1. The summed E-state index contributed by atoms with van der Waals surface area (Å²) in [5, 5.41) is 3.93. The van der Waals surface area contributed by atoms with Crippen LogP contribution in [0.4, 0.5) is 29.7 Å². The van der Waals surface area contributed by atoms with Gasteiger partial charge < -0.3 is 10.2 Å². The number of aromatic nitrogens is 1. The van der Waals surface area contributed by atoms with E-state index in [9.17, 15) is 13.2 Å². The molecule has 0 bridgehead atoms. The maximum atomic E-state index is 13.1. The van der Waals surface area contributed by atoms with Crippen molar-refractivity contribution in [3.05, 3.63) is 71.5 Å². The Kier molecular flexibility index (Phi) is 7.42. The molecule has 1 aliphatic rings. The molecular formula is C27H28F3N3S. The highest BCUT2D eigenvalue weighted by Gasteiger charge is 2.36. The standard InChI is InChI=1S/C25H26F3N3S.C2H2/c1-5-6-10-20-16(2)24(3,4)15-31(20)21-11-8-7-9-18(21)29-23-30-19-14-17(25(26,27)28)12-13-22(19)32-23;1-2/h5-9,11-14H,10,15H2,1-4H3,(H,29,30);1-2H/b6-5-;. The molecule has 0 radical (unpaired) electrons. The minimum Gasteiger partial charge on any atom is -0.342 e. The Labute approximate surface area is 203 Å². The van der Waals surface area contributed by atoms with E-state index in [-0.39, 0.29) is 5.41 Å². The first-order chi connectivity index (χ1) is 16.1. The lowest BCUT2D eigenvalue weighted by Crippen LogP contribution is -2.25. The van der Waals surface area contributed by atoms with E-state index in [2.05, 4.69) is 67.0 Å². The molecule has 1 N–H and O–H groups in total. The number of rotatable bonds is 5. The summed E-state index contributed by atoms with van der Waals surface area (Å²) in [5.41, 5.74) is 4.27. The monoisotopic (exact) mass is 483 g/mol. The second-order valence-corrected chi connectivity index (χ2v) is 9.69. The highest BCUT2D eigenvalue weighted by Crippen LogP contribution is 2.45. The molecule has 0 amide bonds. The largest absolute Gasteiger partial charge is 0.416 e. The van der Waals surface area contributed by atoms with Crippen LogP contribution in [-0.2, 0) is 6.18 Å². The van der Waals surface area contributed by atoms with Crippen LogP contribution >= 0.6 is 11.3 Å². The molecule has 3 aromatic rings. The Bertz CT molecular complexity index is 1250. The van der Waals surface area contributed by atoms with Crippen molar-refractivity contribution in [3.63, 3.8) is 0 Å². The zero-order valence-corrected chi connectivity index (χ0v) is 20.5. The van der Waals surface area contributed by atoms with Crippen molar-refractivity contribution >= 4 is 38.1 Å². The Hall–Kier alpha value is -3.24. The second kappa shape index (κ2) is 9.94. The van der Waals surface area contributed by atoms with E-state index in [0.29, 0.717) is 15.3 Å². The lowest BCUT2D eigenvalue weighted by molar-refractivity contribution is -0.137. The van der Waals surface area contributed by atoms with Gasteiger partial charge in [-0.1, -0.05) is 49.5 Å². The molecule has 2 aromatic carbocycles. The fourth-order valence-corrected chi connectivity index (χ4v) is 4.87. The SMILES string of the molecule is C#C.C/C=C\CC1=C(C)C(C)(C)CN1c1ccccc1Nc1nc2cc(C(F)(F)F)ccc2s1. The predicted octanol–water partition coefficient (Wildman–Crippen LogP) is 8.39. The molecule has 0 unspecified atom stereocenters. The number of benzene rings is 2. The van der Waals surface area contributed by atoms with E-state index in [1.54, 1.807) is 0 Å². The predicted molar refractivity (Wildman–Crippen MR) is 137 cm³/mol. The Morgan fingerprint density at radius 2 is 1.88 bits per heavy atom. The van der Waals surface area contributed by atoms with Crippen LogP contribution < -0.4 is 10.2 Å². The number of thiazole rings is 1. The van der Waals surface area contributed by atoms with E-state index in [0.717, 1.165) is 36.5 Å². The number of hydrogen-bond donors (Lipinski definition) is 1. The van der Waals surface area contributed by atoms with Gasteiger partial charge in [0.2, 0.25) is 0 Å². The molecule has 0 saturated carbocycles. The third kappa shape index (κ3) is 5.13. The molecule has 0 aliphatic carbocycles. The number of halogens is 3. The van der Waals surface area contributed by atoms with Gasteiger partial charge in [-0.3, -0.25) is 0 Å². The van der Waals surface area contributed by atoms with Gasteiger partial charge in [-0.2, -0.15) is 13.2 Å². The number of para-hydroxylation sites is 2. The maximum Gasteiger partial charge on any atom is 0.416 e. The average Bonchev–Trinajstić information content (AvgIpc) is 3.30. The fraction of sp³-hybridized carbons (Fsp3) is 0.296. The molecule has 1 aliphatic heterocycles. The molecule has 4 rings (SSSR count). The summed E-state index contributed by atoms with van der Waals surface area (Å²) in [4.78, 5) is 6.77. The fourth-order valence-electron chi connectivity index (χ4n) is 4.01. The van der Waals surface area contributed by atoms with Gasteiger partial charge in [-0.25, -0.2) is 4.98 Å². The smallest absolute Gasteiger partial charge is 0.342 e. The number of allylic oxidation sites excluding steroid dienone is 2. The van der Waals surface area contributed by atoms with Gasteiger partial charge in [-0.15, -0.1) is 12.8 Å². The first kappa shape index (κ1) is 25.4. The third-order valence-corrected chi connectivity index (χ3v) is 6.98. The molecule has 0 atom stereocenters. The molecule has 3 nitrogen and oxygen atoms in total. The number of alkyl halides is 3. The van der Waals surface area contributed by atoms with Crippen LogP contribution in [0.5, 0.6) is 0 Å². The first-order valence-corrected chi connectivity index (χ1v) is 11.7. The zero-order chi connectivity index (χ0) is 25.1. The highest BCUT2D eigenvalue weighted by molar-refractivity contribution is 7.22. The van der Waals surface area contributed by atoms with Crippen molar-refractivity contribution in [1.29, 1.82) is 0 Å². The van der Waals surface area contributed by atoms with E-state index in [1.807, 2.05) is 25.1 Å². The minimum absolute atomic E-state index is 0.0495. The summed E-state index contributed by atoms with van der Waals surface area (Å²) in [7, 11) is 0. The molecule has 0 spiro atoms. The molecule has 1 aromatic heterocycles. The van der Waals surface area contributed by atoms with Crippen molar-refractivity contribution in [1.82, 2.24) is 4.98 Å². The van der Waals surface area contributed by atoms with E-state index >= 15 is 0 Å². The number of anilines is 3. The number of nitrogens with zero attached hydrogens (tertiary/aromatic N) is 2. The van der Waals surface area contributed by atoms with Gasteiger partial charge >= 0.3 is 6.18 Å². The molecule has 2 heterocycles. The Morgan fingerprint density at radius 1 is 1.18 bits per heavy atom. The maximum absolute atomic E-state index is 13.1. The Balaban J connectivity index is 0.00000158. The molecule has 178 valence electrons. The summed E-state index contributed by atoms with van der Waals surface area (Å²) in [6, 6.07) is 11.7. The zero-order valence-electron chi connectivity index (χ0n) is 19.7. The lowest BCUT2D eigenvalue weighted by Gasteiger charge is -2.27. The second-order valence-electron chi connectivity index (χ2n) is 8.66. The van der Waals surface area contributed by atoms with Gasteiger partial charge in [0.25, 0.3) is 0 Å². The minimum atomic E-state index is -4.38. The summed E-state index contributed by atoms with van der Waals surface area (Å²) >= 11 is 1.35. The topological polar surface area (TPSA) is 28.2 Å². The van der Waals surface area contributed by atoms with Crippen LogP contribution in [0.25, 0.3) is 10.2 Å². The lowest BCUT2D eigenvalue weighted by atomic mass is 9.87. The van der Waals surface area contributed by atoms with Gasteiger partial charge in [-0.05, 0) is 49.8 Å². The van der Waals surface area contributed by atoms with Gasteiger partial charge in [0.1, 0.15) is 0 Å². The van der Waals surface area contributed by atoms with Gasteiger partial charge in [0, 0.05) is 24.1 Å². The number of hydrogen-bond acceptors (Lipinski definition) is 4. The first-order valence-electron chi connectivity index (χ1n) is 10.9. The normalized spacial score (nSPS) is 15.6. The van der Waals surface area contributed by atoms with Crippen LogP contribution in [0.3, 0.4) is 0 Å². The quantitative estimate of drug-likeness (QED) is 0.292. The van der Waals surface area contributed by atoms with Crippen molar-refractivity contribution in [2.75, 3.05) is 16.8 Å². The van der Waals surface area contributed by atoms with E-state index in [4.69, 9.17) is 0 Å². The third-order valence-electron chi connectivity index (χ3n) is 6.03. The van der Waals surface area contributed by atoms with Crippen LogP contribution in [0, 0.1) is 18.3 Å². The van der Waals surface area contributed by atoms with Crippen LogP contribution in [0.1, 0.15) is 39.7 Å². The molecule has 0 saturated heterocycles. The van der Waals surface area contributed by atoms with Crippen molar-refractivity contribution in [2.24, 2.45) is 5.41 Å². The molecule has 7 heteroatoms. The summed E-state index contributed by atoms with van der Waals surface area (Å²) in [6.07, 6.45) is 8.69. The van der Waals surface area contributed by atoms with Gasteiger partial charge in [0.05, 0.1) is 27.2 Å². The average molecular weight is 484 g/mol. The van der Waals surface area contributed by atoms with Gasteiger partial charge in [0.15, 0.2) is 5.13 Å². The summed E-state index contributed by atoms with van der Waals surface area (Å²) in [5.74, 6) is 0.